The lowest BCUT2D eigenvalue weighted by Gasteiger charge is -2.07. The van der Waals surface area contributed by atoms with Gasteiger partial charge >= 0.3 is 0 Å². The maximum atomic E-state index is 11.7. The summed E-state index contributed by atoms with van der Waals surface area (Å²) in [5.41, 5.74) is 3.20. The van der Waals surface area contributed by atoms with Crippen molar-refractivity contribution in [1.29, 1.82) is 0 Å². The fraction of sp³-hybridized carbons (Fsp3) is 0.176. The van der Waals surface area contributed by atoms with Crippen LogP contribution in [0.25, 0.3) is 0 Å². The number of hydrogen-bond donors (Lipinski definition) is 1. The molecule has 0 unspecified atom stereocenters. The maximum absolute atomic E-state index is 11.7. The fourth-order valence-electron chi connectivity index (χ4n) is 1.77. The van der Waals surface area contributed by atoms with Crippen LogP contribution in [0.2, 0.25) is 10.0 Å². The molecule has 0 heterocycles. The lowest BCUT2D eigenvalue weighted by Crippen LogP contribution is -2.24. The number of ether oxygens (including phenoxy) is 2. The van der Waals surface area contributed by atoms with Crippen LogP contribution in [0, 0.1) is 0 Å². The predicted molar refractivity (Wildman–Crippen MR) is 95.3 cm³/mol. The van der Waals surface area contributed by atoms with Crippen LogP contribution in [0.3, 0.4) is 0 Å². The van der Waals surface area contributed by atoms with Gasteiger partial charge < -0.3 is 9.47 Å². The Morgan fingerprint density at radius 2 is 1.92 bits per heavy atom. The lowest BCUT2D eigenvalue weighted by molar-refractivity contribution is -0.123. The highest BCUT2D eigenvalue weighted by Gasteiger charge is 2.07. The summed E-state index contributed by atoms with van der Waals surface area (Å²) in [6.45, 7) is 2.31. The van der Waals surface area contributed by atoms with Gasteiger partial charge in [0.2, 0.25) is 0 Å². The Bertz CT molecular complexity index is 718. The van der Waals surface area contributed by atoms with Crippen molar-refractivity contribution >= 4 is 35.3 Å². The zero-order valence-electron chi connectivity index (χ0n) is 13.0. The van der Waals surface area contributed by atoms with Gasteiger partial charge in [0.25, 0.3) is 5.91 Å². The second-order valence-electron chi connectivity index (χ2n) is 4.64. The first kappa shape index (κ1) is 18.1. The molecule has 0 saturated heterocycles. The molecule has 0 atom stereocenters. The average molecular weight is 367 g/mol. The molecule has 0 saturated carbocycles. The van der Waals surface area contributed by atoms with E-state index in [9.17, 15) is 4.79 Å². The zero-order valence-corrected chi connectivity index (χ0v) is 14.5. The van der Waals surface area contributed by atoms with Crippen LogP contribution in [0.1, 0.15) is 12.5 Å². The van der Waals surface area contributed by atoms with Crippen LogP contribution < -0.4 is 14.9 Å². The van der Waals surface area contributed by atoms with Gasteiger partial charge in [0.05, 0.1) is 17.8 Å². The molecule has 1 amide bonds. The quantitative estimate of drug-likeness (QED) is 0.596. The third kappa shape index (κ3) is 5.44. The van der Waals surface area contributed by atoms with Crippen LogP contribution >= 0.6 is 23.2 Å². The minimum atomic E-state index is -0.409. The predicted octanol–water partition coefficient (Wildman–Crippen LogP) is 3.92. The van der Waals surface area contributed by atoms with Gasteiger partial charge in [0.15, 0.2) is 6.61 Å². The van der Waals surface area contributed by atoms with Crippen LogP contribution in [0.4, 0.5) is 0 Å². The minimum Gasteiger partial charge on any atom is -0.494 e. The second kappa shape index (κ2) is 9.15. The van der Waals surface area contributed by atoms with E-state index in [4.69, 9.17) is 32.7 Å². The Balaban J connectivity index is 1.81. The Labute approximate surface area is 150 Å². The topological polar surface area (TPSA) is 59.9 Å². The number of halogens is 2. The highest BCUT2D eigenvalue weighted by Crippen LogP contribution is 2.31. The largest absolute Gasteiger partial charge is 0.494 e. The van der Waals surface area contributed by atoms with Crippen LogP contribution in [-0.4, -0.2) is 25.3 Å². The SMILES string of the molecule is CCOc1ccc(/C=N/NC(=O)COc2cccc(Cl)c2Cl)cc1. The summed E-state index contributed by atoms with van der Waals surface area (Å²) < 4.78 is 10.7. The van der Waals surface area contributed by atoms with Gasteiger partial charge in [-0.25, -0.2) is 5.43 Å². The van der Waals surface area contributed by atoms with Gasteiger partial charge in [-0.1, -0.05) is 29.3 Å². The van der Waals surface area contributed by atoms with E-state index in [0.717, 1.165) is 11.3 Å². The molecule has 2 rings (SSSR count). The van der Waals surface area contributed by atoms with Crippen molar-refractivity contribution in [3.63, 3.8) is 0 Å². The Morgan fingerprint density at radius 3 is 2.62 bits per heavy atom. The molecular formula is C17H16Cl2N2O3. The van der Waals surface area contributed by atoms with Crippen molar-refractivity contribution < 1.29 is 14.3 Å². The van der Waals surface area contributed by atoms with Gasteiger partial charge in [0.1, 0.15) is 16.5 Å². The summed E-state index contributed by atoms with van der Waals surface area (Å²) in [5, 5.41) is 4.50. The van der Waals surface area contributed by atoms with Crippen molar-refractivity contribution in [2.45, 2.75) is 6.92 Å². The van der Waals surface area contributed by atoms with Gasteiger partial charge in [-0.15, -0.1) is 0 Å². The summed E-state index contributed by atoms with van der Waals surface area (Å²) in [5.74, 6) is 0.716. The number of amides is 1. The molecule has 126 valence electrons. The molecule has 0 aliphatic carbocycles. The van der Waals surface area contributed by atoms with E-state index in [2.05, 4.69) is 10.5 Å². The van der Waals surface area contributed by atoms with Crippen molar-refractivity contribution in [2.24, 2.45) is 5.10 Å². The van der Waals surface area contributed by atoms with Crippen LogP contribution in [-0.2, 0) is 4.79 Å². The maximum Gasteiger partial charge on any atom is 0.277 e. The van der Waals surface area contributed by atoms with E-state index in [1.54, 1.807) is 18.2 Å². The first-order valence-corrected chi connectivity index (χ1v) is 7.97. The fourth-order valence-corrected chi connectivity index (χ4v) is 2.11. The summed E-state index contributed by atoms with van der Waals surface area (Å²) in [6, 6.07) is 12.3. The number of hydrazone groups is 1. The second-order valence-corrected chi connectivity index (χ2v) is 5.42. The van der Waals surface area contributed by atoms with Crippen LogP contribution in [0.5, 0.6) is 11.5 Å². The lowest BCUT2D eigenvalue weighted by atomic mass is 10.2. The average Bonchev–Trinajstić information content (AvgIpc) is 2.58. The molecule has 7 heteroatoms. The zero-order chi connectivity index (χ0) is 17.4. The normalized spacial score (nSPS) is 10.6. The summed E-state index contributed by atoms with van der Waals surface area (Å²) in [6.07, 6.45) is 1.53. The van der Waals surface area contributed by atoms with E-state index in [-0.39, 0.29) is 11.6 Å². The van der Waals surface area contributed by atoms with Gasteiger partial charge in [0, 0.05) is 0 Å². The summed E-state index contributed by atoms with van der Waals surface area (Å²) in [7, 11) is 0. The molecule has 0 aliphatic heterocycles. The number of nitrogens with one attached hydrogen (secondary N) is 1. The Morgan fingerprint density at radius 1 is 1.17 bits per heavy atom. The van der Waals surface area contributed by atoms with Crippen molar-refractivity contribution in [2.75, 3.05) is 13.2 Å². The highest BCUT2D eigenvalue weighted by atomic mass is 35.5. The van der Waals surface area contributed by atoms with Crippen molar-refractivity contribution in [1.82, 2.24) is 5.43 Å². The molecule has 0 fully saturated rings. The molecule has 0 radical (unpaired) electrons. The minimum absolute atomic E-state index is 0.222. The van der Waals surface area contributed by atoms with Gasteiger partial charge in [-0.3, -0.25) is 4.79 Å². The first-order chi connectivity index (χ1) is 11.6. The molecule has 5 nitrogen and oxygen atoms in total. The van der Waals surface area contributed by atoms with Crippen molar-refractivity contribution in [3.05, 3.63) is 58.1 Å². The van der Waals surface area contributed by atoms with E-state index in [1.807, 2.05) is 31.2 Å². The number of carbonyl (C=O) groups excluding carboxylic acids is 1. The van der Waals surface area contributed by atoms with E-state index in [1.165, 1.54) is 6.21 Å². The summed E-state index contributed by atoms with van der Waals surface area (Å²) >= 11 is 11.8. The third-order valence-electron chi connectivity index (χ3n) is 2.87. The molecule has 24 heavy (non-hydrogen) atoms. The smallest absolute Gasteiger partial charge is 0.277 e. The molecule has 0 aromatic heterocycles. The number of carbonyl (C=O) groups is 1. The number of rotatable bonds is 7. The van der Waals surface area contributed by atoms with Gasteiger partial charge in [-0.2, -0.15) is 5.10 Å². The highest BCUT2D eigenvalue weighted by molar-refractivity contribution is 6.42. The first-order valence-electron chi connectivity index (χ1n) is 7.21. The number of nitrogens with zero attached hydrogens (tertiary/aromatic N) is 1. The Kier molecular flexibility index (Phi) is 6.90. The number of benzene rings is 2. The van der Waals surface area contributed by atoms with E-state index >= 15 is 0 Å². The van der Waals surface area contributed by atoms with E-state index < -0.39 is 5.91 Å². The van der Waals surface area contributed by atoms with E-state index in [0.29, 0.717) is 17.4 Å². The molecule has 0 spiro atoms. The molecule has 0 bridgehead atoms. The molecule has 1 N–H and O–H groups in total. The van der Waals surface area contributed by atoms with Crippen molar-refractivity contribution in [3.8, 4) is 11.5 Å². The number of hydrogen-bond acceptors (Lipinski definition) is 4. The Hall–Kier alpha value is -2.24. The third-order valence-corrected chi connectivity index (χ3v) is 3.67. The van der Waals surface area contributed by atoms with Gasteiger partial charge in [-0.05, 0) is 48.9 Å². The molecular weight excluding hydrogens is 351 g/mol. The van der Waals surface area contributed by atoms with Crippen LogP contribution in [0.15, 0.2) is 47.6 Å². The standard InChI is InChI=1S/C17H16Cl2N2O3/c1-2-23-13-8-6-12(7-9-13)10-20-21-16(22)11-24-15-5-3-4-14(18)17(15)19/h3-10H,2,11H2,1H3,(H,21,22)/b20-10+. The summed E-state index contributed by atoms with van der Waals surface area (Å²) in [4.78, 5) is 11.7. The molecule has 0 aliphatic rings. The molecule has 2 aromatic rings. The molecule has 2 aromatic carbocycles. The monoisotopic (exact) mass is 366 g/mol.